The number of nitrogen functional groups attached to an aromatic ring is 1. The molecule has 0 aliphatic heterocycles. The largest absolute Gasteiger partial charge is 0.493 e. The predicted molar refractivity (Wildman–Crippen MR) is 72.5 cm³/mol. The summed E-state index contributed by atoms with van der Waals surface area (Å²) in [4.78, 5) is 4.23. The minimum absolute atomic E-state index is 0.303. The fraction of sp³-hybridized carbons (Fsp3) is 0.385. The number of nitrogens with two attached hydrogens (primary N) is 1. The van der Waals surface area contributed by atoms with Crippen LogP contribution < -0.4 is 15.2 Å². The van der Waals surface area contributed by atoms with Gasteiger partial charge in [-0.1, -0.05) is 6.07 Å². The van der Waals surface area contributed by atoms with Crippen LogP contribution in [0.5, 0.6) is 11.5 Å². The van der Waals surface area contributed by atoms with Crippen LogP contribution >= 0.6 is 0 Å². The number of benzene rings is 1. The highest BCUT2D eigenvalue weighted by Gasteiger charge is 2.10. The quantitative estimate of drug-likeness (QED) is 0.883. The van der Waals surface area contributed by atoms with Crippen LogP contribution in [-0.2, 0) is 13.0 Å². The number of hydrogen-bond donors (Lipinski definition) is 1. The highest BCUT2D eigenvalue weighted by Crippen LogP contribution is 2.28. The zero-order valence-electron chi connectivity index (χ0n) is 11.4. The highest BCUT2D eigenvalue weighted by atomic mass is 16.5. The molecule has 0 aliphatic rings. The molecule has 1 aromatic carbocycles. The molecule has 0 saturated heterocycles. The van der Waals surface area contributed by atoms with Crippen LogP contribution in [0.3, 0.4) is 0 Å². The molecule has 2 N–H and O–H groups in total. The lowest BCUT2D eigenvalue weighted by atomic mass is 10.1. The monoisotopic (exact) mass is 262 g/mol. The third kappa shape index (κ3) is 2.78. The molecule has 0 fully saturated rings. The number of hydrogen-bond acceptors (Lipinski definition) is 5. The van der Waals surface area contributed by atoms with Crippen molar-refractivity contribution in [3.8, 4) is 11.5 Å². The topological polar surface area (TPSA) is 75.2 Å². The Hall–Kier alpha value is -2.24. The van der Waals surface area contributed by atoms with Gasteiger partial charge in [-0.05, 0) is 24.6 Å². The number of ether oxygens (including phenoxy) is 2. The van der Waals surface area contributed by atoms with E-state index in [9.17, 15) is 0 Å². The summed E-state index contributed by atoms with van der Waals surface area (Å²) in [5.74, 6) is 2.56. The Bertz CT molecular complexity index is 566. The molecule has 2 aromatic rings. The van der Waals surface area contributed by atoms with Gasteiger partial charge < -0.3 is 15.2 Å². The van der Waals surface area contributed by atoms with Crippen molar-refractivity contribution in [3.05, 3.63) is 29.6 Å². The molecule has 102 valence electrons. The van der Waals surface area contributed by atoms with Gasteiger partial charge >= 0.3 is 0 Å². The molecular formula is C13H18N4O2. The van der Waals surface area contributed by atoms with Crippen LogP contribution in [0.2, 0.25) is 0 Å². The molecule has 19 heavy (non-hydrogen) atoms. The van der Waals surface area contributed by atoms with Crippen LogP contribution in [0.15, 0.2) is 18.2 Å². The second kappa shape index (κ2) is 5.60. The lowest BCUT2D eigenvalue weighted by Gasteiger charge is -2.09. The molecule has 0 bridgehead atoms. The van der Waals surface area contributed by atoms with Gasteiger partial charge in [0.2, 0.25) is 5.95 Å². The van der Waals surface area contributed by atoms with Crippen LogP contribution in [-0.4, -0.2) is 29.0 Å². The van der Waals surface area contributed by atoms with E-state index >= 15 is 0 Å². The lowest BCUT2D eigenvalue weighted by Crippen LogP contribution is -2.04. The smallest absolute Gasteiger partial charge is 0.239 e. The number of anilines is 1. The van der Waals surface area contributed by atoms with E-state index < -0.39 is 0 Å². The van der Waals surface area contributed by atoms with Crippen molar-refractivity contribution >= 4 is 5.95 Å². The lowest BCUT2D eigenvalue weighted by molar-refractivity contribution is 0.354. The van der Waals surface area contributed by atoms with E-state index in [4.69, 9.17) is 15.2 Å². The highest BCUT2D eigenvalue weighted by molar-refractivity contribution is 5.43. The summed E-state index contributed by atoms with van der Waals surface area (Å²) in [7, 11) is 3.24. The maximum atomic E-state index is 5.62. The summed E-state index contributed by atoms with van der Waals surface area (Å²) in [6.07, 6.45) is 0.651. The molecule has 0 unspecified atom stereocenters. The molecule has 0 radical (unpaired) electrons. The van der Waals surface area contributed by atoms with Gasteiger partial charge in [-0.3, -0.25) is 0 Å². The fourth-order valence-corrected chi connectivity index (χ4v) is 1.95. The fourth-order valence-electron chi connectivity index (χ4n) is 1.95. The molecule has 0 spiro atoms. The second-order valence-electron chi connectivity index (χ2n) is 4.07. The third-order valence-electron chi connectivity index (χ3n) is 2.87. The number of aromatic nitrogens is 3. The van der Waals surface area contributed by atoms with E-state index in [0.29, 0.717) is 23.9 Å². The van der Waals surface area contributed by atoms with Gasteiger partial charge in [-0.25, -0.2) is 4.68 Å². The molecule has 1 heterocycles. The predicted octanol–water partition coefficient (Wildman–Crippen LogP) is 1.49. The average Bonchev–Trinajstić information content (AvgIpc) is 2.78. The summed E-state index contributed by atoms with van der Waals surface area (Å²) >= 11 is 0. The molecule has 0 atom stereocenters. The maximum Gasteiger partial charge on any atom is 0.239 e. The van der Waals surface area contributed by atoms with E-state index in [1.165, 1.54) is 0 Å². The van der Waals surface area contributed by atoms with Gasteiger partial charge in [0, 0.05) is 13.0 Å². The first-order valence-corrected chi connectivity index (χ1v) is 6.08. The normalized spacial score (nSPS) is 10.5. The zero-order valence-corrected chi connectivity index (χ0v) is 11.4. The Morgan fingerprint density at radius 1 is 1.21 bits per heavy atom. The van der Waals surface area contributed by atoms with Gasteiger partial charge in [0.05, 0.1) is 14.2 Å². The molecule has 0 amide bonds. The van der Waals surface area contributed by atoms with Crippen LogP contribution in [0, 0.1) is 0 Å². The van der Waals surface area contributed by atoms with E-state index in [1.54, 1.807) is 18.9 Å². The minimum Gasteiger partial charge on any atom is -0.493 e. The summed E-state index contributed by atoms with van der Waals surface area (Å²) in [6, 6.07) is 5.79. The van der Waals surface area contributed by atoms with Crippen molar-refractivity contribution in [2.75, 3.05) is 20.0 Å². The summed E-state index contributed by atoms with van der Waals surface area (Å²) in [5, 5.41) is 4.13. The second-order valence-corrected chi connectivity index (χ2v) is 4.07. The summed E-state index contributed by atoms with van der Waals surface area (Å²) in [6.45, 7) is 2.75. The van der Waals surface area contributed by atoms with Crippen LogP contribution in [0.4, 0.5) is 5.95 Å². The van der Waals surface area contributed by atoms with Crippen LogP contribution in [0.25, 0.3) is 0 Å². The Balaban J connectivity index is 2.27. The van der Waals surface area contributed by atoms with E-state index in [1.807, 2.05) is 25.1 Å². The molecule has 0 aliphatic carbocycles. The number of nitrogens with zero attached hydrogens (tertiary/aromatic N) is 3. The van der Waals surface area contributed by atoms with Crippen molar-refractivity contribution < 1.29 is 9.47 Å². The number of aryl methyl sites for hydroxylation is 1. The Morgan fingerprint density at radius 2 is 1.95 bits per heavy atom. The zero-order chi connectivity index (χ0) is 13.8. The van der Waals surface area contributed by atoms with Crippen LogP contribution in [0.1, 0.15) is 18.3 Å². The van der Waals surface area contributed by atoms with Crippen molar-refractivity contribution in [1.29, 1.82) is 0 Å². The van der Waals surface area contributed by atoms with Gasteiger partial charge in [-0.15, -0.1) is 5.10 Å². The number of rotatable bonds is 5. The SMILES string of the molecule is CCn1nc(N)nc1Cc1ccc(OC)c(OC)c1. The molecule has 0 saturated carbocycles. The van der Waals surface area contributed by atoms with E-state index in [-0.39, 0.29) is 0 Å². The van der Waals surface area contributed by atoms with Gasteiger partial charge in [0.25, 0.3) is 0 Å². The molecule has 2 rings (SSSR count). The van der Waals surface area contributed by atoms with Gasteiger partial charge in [0.1, 0.15) is 5.82 Å². The van der Waals surface area contributed by atoms with Crippen molar-refractivity contribution in [1.82, 2.24) is 14.8 Å². The minimum atomic E-state index is 0.303. The van der Waals surface area contributed by atoms with Gasteiger partial charge in [0.15, 0.2) is 11.5 Å². The van der Waals surface area contributed by atoms with Crippen molar-refractivity contribution in [3.63, 3.8) is 0 Å². The maximum absolute atomic E-state index is 5.62. The third-order valence-corrected chi connectivity index (χ3v) is 2.87. The first-order chi connectivity index (χ1) is 9.17. The average molecular weight is 262 g/mol. The summed E-state index contributed by atoms with van der Waals surface area (Å²) < 4.78 is 12.3. The molecular weight excluding hydrogens is 244 g/mol. The van der Waals surface area contributed by atoms with E-state index in [0.717, 1.165) is 17.9 Å². The van der Waals surface area contributed by atoms with E-state index in [2.05, 4.69) is 10.1 Å². The number of methoxy groups -OCH3 is 2. The molecule has 1 aromatic heterocycles. The Kier molecular flexibility index (Phi) is 3.89. The van der Waals surface area contributed by atoms with Gasteiger partial charge in [-0.2, -0.15) is 4.98 Å². The first-order valence-electron chi connectivity index (χ1n) is 6.08. The Morgan fingerprint density at radius 3 is 2.58 bits per heavy atom. The Labute approximate surface area is 112 Å². The standard InChI is InChI=1S/C13H18N4O2/c1-4-17-12(15-13(14)16-17)8-9-5-6-10(18-2)11(7-9)19-3/h5-7H,4,8H2,1-3H3,(H2,14,16). The molecule has 6 nitrogen and oxygen atoms in total. The first kappa shape index (κ1) is 13.2. The summed E-state index contributed by atoms with van der Waals surface area (Å²) in [5.41, 5.74) is 6.69. The molecule has 6 heteroatoms. The van der Waals surface area contributed by atoms with Crippen molar-refractivity contribution in [2.45, 2.75) is 19.9 Å². The van der Waals surface area contributed by atoms with Crippen molar-refractivity contribution in [2.24, 2.45) is 0 Å².